The van der Waals surface area contributed by atoms with Crippen LogP contribution in [0, 0.1) is 5.92 Å². The van der Waals surface area contributed by atoms with Gasteiger partial charge in [0, 0.05) is 38.6 Å². The molecule has 23 heavy (non-hydrogen) atoms. The molecule has 3 fully saturated rings. The molecule has 1 atom stereocenters. The number of piperidine rings is 1. The lowest BCUT2D eigenvalue weighted by Gasteiger charge is -2.41. The summed E-state index contributed by atoms with van der Waals surface area (Å²) in [6.07, 6.45) is 10.5. The zero-order valence-electron chi connectivity index (χ0n) is 14.3. The van der Waals surface area contributed by atoms with Crippen molar-refractivity contribution in [3.05, 3.63) is 0 Å². The maximum atomic E-state index is 12.6. The van der Waals surface area contributed by atoms with Gasteiger partial charge in [-0.05, 0) is 25.2 Å². The molecule has 1 unspecified atom stereocenters. The minimum absolute atomic E-state index is 0.192. The first-order valence-electron chi connectivity index (χ1n) is 9.52. The Hall–Kier alpha value is -1.10. The average molecular weight is 321 g/mol. The van der Waals surface area contributed by atoms with E-state index < -0.39 is 0 Å². The van der Waals surface area contributed by atoms with Crippen molar-refractivity contribution in [2.45, 2.75) is 63.8 Å². The Morgan fingerprint density at radius 2 is 1.91 bits per heavy atom. The molecule has 0 bridgehead atoms. The monoisotopic (exact) mass is 321 g/mol. The van der Waals surface area contributed by atoms with Crippen LogP contribution in [-0.4, -0.2) is 60.4 Å². The molecular formula is C18H31N3O2. The molecule has 0 aromatic heterocycles. The van der Waals surface area contributed by atoms with E-state index in [1.807, 2.05) is 9.80 Å². The van der Waals surface area contributed by atoms with Gasteiger partial charge in [0.15, 0.2) is 0 Å². The van der Waals surface area contributed by atoms with Crippen molar-refractivity contribution < 1.29 is 9.59 Å². The molecule has 2 saturated heterocycles. The Labute approximate surface area is 139 Å². The van der Waals surface area contributed by atoms with Crippen LogP contribution in [0.1, 0.15) is 57.8 Å². The summed E-state index contributed by atoms with van der Waals surface area (Å²) < 4.78 is 0. The maximum Gasteiger partial charge on any atom is 0.236 e. The van der Waals surface area contributed by atoms with Crippen LogP contribution in [0.4, 0.5) is 0 Å². The van der Waals surface area contributed by atoms with Crippen LogP contribution in [0.3, 0.4) is 0 Å². The molecule has 0 aromatic rings. The number of carbonyl (C=O) groups is 2. The molecule has 3 aliphatic rings. The first-order valence-corrected chi connectivity index (χ1v) is 9.52. The van der Waals surface area contributed by atoms with Crippen molar-refractivity contribution in [2.75, 3.05) is 32.7 Å². The number of nitrogens with one attached hydrogen (secondary N) is 1. The quantitative estimate of drug-likeness (QED) is 0.858. The van der Waals surface area contributed by atoms with Crippen molar-refractivity contribution in [2.24, 2.45) is 5.92 Å². The summed E-state index contributed by atoms with van der Waals surface area (Å²) in [5.41, 5.74) is 0. The lowest BCUT2D eigenvalue weighted by molar-refractivity contribution is -0.140. The van der Waals surface area contributed by atoms with Gasteiger partial charge in [-0.2, -0.15) is 0 Å². The number of hydrogen-bond acceptors (Lipinski definition) is 3. The molecule has 2 amide bonds. The van der Waals surface area contributed by atoms with Gasteiger partial charge in [0.1, 0.15) is 0 Å². The van der Waals surface area contributed by atoms with E-state index in [1.165, 1.54) is 32.1 Å². The smallest absolute Gasteiger partial charge is 0.236 e. The molecule has 2 aliphatic heterocycles. The lowest BCUT2D eigenvalue weighted by Crippen LogP contribution is -2.57. The molecule has 5 nitrogen and oxygen atoms in total. The second-order valence-corrected chi connectivity index (χ2v) is 7.44. The first-order chi connectivity index (χ1) is 11.2. The summed E-state index contributed by atoms with van der Waals surface area (Å²) in [5, 5.41) is 3.12. The zero-order valence-corrected chi connectivity index (χ0v) is 14.3. The number of hydrogen-bond donors (Lipinski definition) is 1. The number of piperazine rings is 1. The minimum Gasteiger partial charge on any atom is -0.341 e. The Balaban J connectivity index is 1.47. The molecule has 1 aliphatic carbocycles. The lowest BCUT2D eigenvalue weighted by atomic mass is 9.86. The molecule has 3 rings (SSSR count). The van der Waals surface area contributed by atoms with Crippen LogP contribution >= 0.6 is 0 Å². The van der Waals surface area contributed by atoms with E-state index in [1.54, 1.807) is 0 Å². The highest BCUT2D eigenvalue weighted by Crippen LogP contribution is 2.28. The molecule has 5 heteroatoms. The largest absolute Gasteiger partial charge is 0.341 e. The van der Waals surface area contributed by atoms with Gasteiger partial charge in [-0.25, -0.2) is 0 Å². The second kappa shape index (κ2) is 8.13. The van der Waals surface area contributed by atoms with Crippen molar-refractivity contribution in [3.8, 4) is 0 Å². The summed E-state index contributed by atoms with van der Waals surface area (Å²) in [7, 11) is 0. The first kappa shape index (κ1) is 16.7. The second-order valence-electron chi connectivity index (χ2n) is 7.44. The van der Waals surface area contributed by atoms with Gasteiger partial charge >= 0.3 is 0 Å². The molecule has 2 heterocycles. The van der Waals surface area contributed by atoms with Crippen LogP contribution in [0.15, 0.2) is 0 Å². The topological polar surface area (TPSA) is 52.7 Å². The number of likely N-dealkylation sites (tertiary alicyclic amines) is 1. The number of nitrogens with zero attached hydrogens (tertiary/aromatic N) is 2. The summed E-state index contributed by atoms with van der Waals surface area (Å²) >= 11 is 0. The summed E-state index contributed by atoms with van der Waals surface area (Å²) in [4.78, 5) is 28.6. The molecular weight excluding hydrogens is 290 g/mol. The Kier molecular flexibility index (Phi) is 5.92. The molecule has 1 saturated carbocycles. The SMILES string of the molecule is O=C(CCC1CCCCC1)N1CCCC(N2CCNCC2=O)C1. The van der Waals surface area contributed by atoms with Crippen molar-refractivity contribution in [3.63, 3.8) is 0 Å². The molecule has 0 aromatic carbocycles. The fourth-order valence-electron chi connectivity index (χ4n) is 4.40. The maximum absolute atomic E-state index is 12.6. The van der Waals surface area contributed by atoms with E-state index in [4.69, 9.17) is 0 Å². The third-order valence-corrected chi connectivity index (χ3v) is 5.81. The van der Waals surface area contributed by atoms with Gasteiger partial charge in [0.25, 0.3) is 0 Å². The highest BCUT2D eigenvalue weighted by atomic mass is 16.2. The predicted molar refractivity (Wildman–Crippen MR) is 90.0 cm³/mol. The van der Waals surface area contributed by atoms with Crippen LogP contribution in [0.25, 0.3) is 0 Å². The van der Waals surface area contributed by atoms with E-state index >= 15 is 0 Å². The Bertz CT molecular complexity index is 420. The Morgan fingerprint density at radius 1 is 1.09 bits per heavy atom. The van der Waals surface area contributed by atoms with Gasteiger partial charge in [-0.3, -0.25) is 9.59 Å². The van der Waals surface area contributed by atoms with Crippen LogP contribution in [0.5, 0.6) is 0 Å². The normalized spacial score (nSPS) is 27.3. The number of amides is 2. The molecule has 0 radical (unpaired) electrons. The highest BCUT2D eigenvalue weighted by Gasteiger charge is 2.31. The van der Waals surface area contributed by atoms with E-state index in [2.05, 4.69) is 5.32 Å². The third kappa shape index (κ3) is 4.46. The van der Waals surface area contributed by atoms with Gasteiger partial charge in [-0.1, -0.05) is 32.1 Å². The highest BCUT2D eigenvalue weighted by molar-refractivity contribution is 5.80. The fourth-order valence-corrected chi connectivity index (χ4v) is 4.40. The van der Waals surface area contributed by atoms with E-state index in [9.17, 15) is 9.59 Å². The molecule has 130 valence electrons. The van der Waals surface area contributed by atoms with Gasteiger partial charge in [0.05, 0.1) is 6.54 Å². The molecule has 0 spiro atoms. The predicted octanol–water partition coefficient (Wildman–Crippen LogP) is 1.77. The van der Waals surface area contributed by atoms with Gasteiger partial charge < -0.3 is 15.1 Å². The minimum atomic E-state index is 0.192. The van der Waals surface area contributed by atoms with Crippen molar-refractivity contribution in [1.29, 1.82) is 0 Å². The van der Waals surface area contributed by atoms with E-state index in [0.717, 1.165) is 51.4 Å². The van der Waals surface area contributed by atoms with Gasteiger partial charge in [0.2, 0.25) is 11.8 Å². The van der Waals surface area contributed by atoms with E-state index in [0.29, 0.717) is 18.9 Å². The molecule has 1 N–H and O–H groups in total. The average Bonchev–Trinajstić information content (AvgIpc) is 2.61. The number of carbonyl (C=O) groups excluding carboxylic acids is 2. The van der Waals surface area contributed by atoms with Crippen molar-refractivity contribution >= 4 is 11.8 Å². The summed E-state index contributed by atoms with van der Waals surface area (Å²) in [6.45, 7) is 3.73. The summed E-state index contributed by atoms with van der Waals surface area (Å²) in [5.74, 6) is 1.27. The van der Waals surface area contributed by atoms with Crippen molar-refractivity contribution in [1.82, 2.24) is 15.1 Å². The van der Waals surface area contributed by atoms with E-state index in [-0.39, 0.29) is 11.9 Å². The zero-order chi connectivity index (χ0) is 16.1. The Morgan fingerprint density at radius 3 is 2.70 bits per heavy atom. The van der Waals surface area contributed by atoms with Crippen LogP contribution in [-0.2, 0) is 9.59 Å². The number of rotatable bonds is 4. The summed E-state index contributed by atoms with van der Waals surface area (Å²) in [6, 6.07) is 0.233. The third-order valence-electron chi connectivity index (χ3n) is 5.81. The standard InChI is InChI=1S/C18H31N3O2/c22-17(9-8-15-5-2-1-3-6-15)20-11-4-7-16(14-20)21-12-10-19-13-18(21)23/h15-16,19H,1-14H2. The van der Waals surface area contributed by atoms with Crippen LogP contribution in [0.2, 0.25) is 0 Å². The fraction of sp³-hybridized carbons (Fsp3) is 0.889. The van der Waals surface area contributed by atoms with Crippen LogP contribution < -0.4 is 5.32 Å². The van der Waals surface area contributed by atoms with Gasteiger partial charge in [-0.15, -0.1) is 0 Å².